The fraction of sp³-hybridized carbons (Fsp3) is 0.818. The Balaban J connectivity index is 4.55. The van der Waals surface area contributed by atoms with Gasteiger partial charge in [-0.05, 0) is 27.7 Å². The summed E-state index contributed by atoms with van der Waals surface area (Å²) in [6.45, 7) is 7.26. The van der Waals surface area contributed by atoms with E-state index in [9.17, 15) is 9.59 Å². The van der Waals surface area contributed by atoms with Crippen LogP contribution in [0.1, 0.15) is 27.7 Å². The topological polar surface area (TPSA) is 76.1 Å². The van der Waals surface area contributed by atoms with Crippen molar-refractivity contribution in [2.75, 3.05) is 20.3 Å². The number of aliphatic carboxylic acids is 1. The van der Waals surface area contributed by atoms with Gasteiger partial charge in [0.25, 0.3) is 0 Å². The van der Waals surface area contributed by atoms with Gasteiger partial charge in [-0.2, -0.15) is 0 Å². The normalized spacial score (nSPS) is 13.0. The second kappa shape index (κ2) is 6.44. The molecule has 0 aromatic rings. The van der Waals surface area contributed by atoms with Crippen LogP contribution in [0.4, 0.5) is 4.79 Å². The summed E-state index contributed by atoms with van der Waals surface area (Å²) in [6.07, 6.45) is -0.676. The molecule has 0 aromatic heterocycles. The fourth-order valence-corrected chi connectivity index (χ4v) is 1.04. The summed E-state index contributed by atoms with van der Waals surface area (Å²) in [5, 5.41) is 8.99. The predicted octanol–water partition coefficient (Wildman–Crippen LogP) is 1.34. The number of hydrogen-bond acceptors (Lipinski definition) is 4. The predicted molar refractivity (Wildman–Crippen MR) is 61.9 cm³/mol. The van der Waals surface area contributed by atoms with Gasteiger partial charge in [0.2, 0.25) is 0 Å². The van der Waals surface area contributed by atoms with E-state index in [1.807, 2.05) is 0 Å². The van der Waals surface area contributed by atoms with E-state index in [4.69, 9.17) is 14.6 Å². The maximum atomic E-state index is 11.7. The first-order valence-corrected chi connectivity index (χ1v) is 5.45. The van der Waals surface area contributed by atoms with Gasteiger partial charge in [0.15, 0.2) is 6.04 Å². The van der Waals surface area contributed by atoms with Gasteiger partial charge >= 0.3 is 12.1 Å². The molecule has 100 valence electrons. The Hall–Kier alpha value is -1.30. The van der Waals surface area contributed by atoms with E-state index >= 15 is 0 Å². The van der Waals surface area contributed by atoms with E-state index in [-0.39, 0.29) is 6.61 Å². The highest BCUT2D eigenvalue weighted by molar-refractivity contribution is 5.80. The van der Waals surface area contributed by atoms with Gasteiger partial charge in [0, 0.05) is 13.7 Å². The molecule has 0 bridgehead atoms. The van der Waals surface area contributed by atoms with E-state index in [0.29, 0.717) is 6.61 Å². The quantitative estimate of drug-likeness (QED) is 0.793. The molecule has 0 aliphatic carbocycles. The average Bonchev–Trinajstić information content (AvgIpc) is 2.14. The third kappa shape index (κ3) is 6.11. The number of carbonyl (C=O) groups is 2. The van der Waals surface area contributed by atoms with Gasteiger partial charge in [-0.25, -0.2) is 9.59 Å². The van der Waals surface area contributed by atoms with Crippen LogP contribution in [-0.2, 0) is 14.3 Å². The largest absolute Gasteiger partial charge is 0.480 e. The molecule has 1 atom stereocenters. The molecule has 0 radical (unpaired) electrons. The number of hydrogen-bond donors (Lipinski definition) is 1. The molecule has 1 N–H and O–H groups in total. The Morgan fingerprint density at radius 2 is 1.88 bits per heavy atom. The minimum absolute atomic E-state index is 0.0540. The highest BCUT2D eigenvalue weighted by Crippen LogP contribution is 2.11. The highest BCUT2D eigenvalue weighted by atomic mass is 16.6. The maximum absolute atomic E-state index is 11.7. The third-order valence-electron chi connectivity index (χ3n) is 1.91. The van der Waals surface area contributed by atoms with E-state index in [1.165, 1.54) is 7.05 Å². The second-order valence-corrected chi connectivity index (χ2v) is 4.60. The molecule has 0 saturated carbocycles. The molecule has 0 rings (SSSR count). The molecule has 6 heteroatoms. The van der Waals surface area contributed by atoms with Gasteiger partial charge in [-0.15, -0.1) is 0 Å². The Kier molecular flexibility index (Phi) is 5.95. The first kappa shape index (κ1) is 15.7. The van der Waals surface area contributed by atoms with Gasteiger partial charge in [-0.1, -0.05) is 0 Å². The minimum atomic E-state index is -1.12. The molecule has 0 aromatic carbocycles. The monoisotopic (exact) mass is 247 g/mol. The summed E-state index contributed by atoms with van der Waals surface area (Å²) in [6, 6.07) is -1.04. The number of carbonyl (C=O) groups excluding carboxylic acids is 1. The summed E-state index contributed by atoms with van der Waals surface area (Å²) >= 11 is 0. The maximum Gasteiger partial charge on any atom is 0.410 e. The molecule has 6 nitrogen and oxygen atoms in total. The molecule has 0 fully saturated rings. The Labute approximate surface area is 101 Å². The van der Waals surface area contributed by atoms with Gasteiger partial charge in [0.1, 0.15) is 5.60 Å². The van der Waals surface area contributed by atoms with Crippen molar-refractivity contribution in [3.8, 4) is 0 Å². The summed E-state index contributed by atoms with van der Waals surface area (Å²) in [5.74, 6) is -1.12. The van der Waals surface area contributed by atoms with Crippen molar-refractivity contribution < 1.29 is 24.2 Å². The Morgan fingerprint density at radius 3 is 2.24 bits per heavy atom. The van der Waals surface area contributed by atoms with Crippen molar-refractivity contribution in [2.45, 2.75) is 39.3 Å². The van der Waals surface area contributed by atoms with Gasteiger partial charge in [-0.3, -0.25) is 4.90 Å². The lowest BCUT2D eigenvalue weighted by molar-refractivity contribution is -0.144. The number of amides is 1. The SMILES string of the molecule is CCOCC(C(=O)O)N(C)C(=O)OC(C)(C)C. The number of rotatable bonds is 5. The first-order chi connectivity index (χ1) is 7.69. The smallest absolute Gasteiger partial charge is 0.410 e. The average molecular weight is 247 g/mol. The number of carboxylic acid groups (broad SMARTS) is 1. The van der Waals surface area contributed by atoms with Crippen molar-refractivity contribution in [3.05, 3.63) is 0 Å². The molecule has 17 heavy (non-hydrogen) atoms. The van der Waals surface area contributed by atoms with E-state index in [2.05, 4.69) is 0 Å². The van der Waals surface area contributed by atoms with Crippen LogP contribution in [0, 0.1) is 0 Å². The van der Waals surface area contributed by atoms with Crippen molar-refractivity contribution in [3.63, 3.8) is 0 Å². The Morgan fingerprint density at radius 1 is 1.35 bits per heavy atom. The molecule has 1 unspecified atom stereocenters. The molecule has 0 heterocycles. The molecule has 0 spiro atoms. The summed E-state index contributed by atoms with van der Waals surface area (Å²) in [4.78, 5) is 23.7. The van der Waals surface area contributed by atoms with Crippen LogP contribution in [0.15, 0.2) is 0 Å². The first-order valence-electron chi connectivity index (χ1n) is 5.45. The van der Waals surface area contributed by atoms with Crippen LogP contribution in [0.5, 0.6) is 0 Å². The number of likely N-dealkylation sites (N-methyl/N-ethyl adjacent to an activating group) is 1. The van der Waals surface area contributed by atoms with Crippen LogP contribution < -0.4 is 0 Å². The molecular weight excluding hydrogens is 226 g/mol. The minimum Gasteiger partial charge on any atom is -0.480 e. The van der Waals surface area contributed by atoms with Crippen LogP contribution in [0.25, 0.3) is 0 Å². The summed E-state index contributed by atoms with van der Waals surface area (Å²) in [7, 11) is 1.38. The van der Waals surface area contributed by atoms with Crippen molar-refractivity contribution in [2.24, 2.45) is 0 Å². The lowest BCUT2D eigenvalue weighted by atomic mass is 10.2. The number of ether oxygens (including phenoxy) is 2. The standard InChI is InChI=1S/C11H21NO5/c1-6-16-7-8(9(13)14)12(5)10(15)17-11(2,3)4/h8H,6-7H2,1-5H3,(H,13,14). The molecule has 1 amide bonds. The zero-order chi connectivity index (χ0) is 13.6. The molecule has 0 saturated heterocycles. The van der Waals surface area contributed by atoms with Gasteiger partial charge in [0.05, 0.1) is 6.61 Å². The zero-order valence-electron chi connectivity index (χ0n) is 11.0. The van der Waals surface area contributed by atoms with Crippen LogP contribution in [0.3, 0.4) is 0 Å². The van der Waals surface area contributed by atoms with Gasteiger partial charge < -0.3 is 14.6 Å². The summed E-state index contributed by atoms with van der Waals surface area (Å²) in [5.41, 5.74) is -0.653. The van der Waals surface area contributed by atoms with Crippen LogP contribution in [0.2, 0.25) is 0 Å². The third-order valence-corrected chi connectivity index (χ3v) is 1.91. The van der Waals surface area contributed by atoms with Crippen LogP contribution >= 0.6 is 0 Å². The zero-order valence-corrected chi connectivity index (χ0v) is 11.0. The van der Waals surface area contributed by atoms with Crippen LogP contribution in [-0.4, -0.2) is 54.0 Å². The lowest BCUT2D eigenvalue weighted by Gasteiger charge is -2.28. The summed E-state index contributed by atoms with van der Waals surface area (Å²) < 4.78 is 10.1. The molecule has 0 aliphatic heterocycles. The number of carboxylic acids is 1. The molecule has 0 aliphatic rings. The Bertz CT molecular complexity index is 272. The van der Waals surface area contributed by atoms with Crippen molar-refractivity contribution >= 4 is 12.1 Å². The van der Waals surface area contributed by atoms with E-state index < -0.39 is 23.7 Å². The number of nitrogens with zero attached hydrogens (tertiary/aromatic N) is 1. The lowest BCUT2D eigenvalue weighted by Crippen LogP contribution is -2.47. The second-order valence-electron chi connectivity index (χ2n) is 4.60. The van der Waals surface area contributed by atoms with Crippen molar-refractivity contribution in [1.82, 2.24) is 4.90 Å². The highest BCUT2D eigenvalue weighted by Gasteiger charge is 2.30. The van der Waals surface area contributed by atoms with E-state index in [1.54, 1.807) is 27.7 Å². The molecular formula is C11H21NO5. The van der Waals surface area contributed by atoms with Crippen molar-refractivity contribution in [1.29, 1.82) is 0 Å². The fourth-order valence-electron chi connectivity index (χ4n) is 1.04. The van der Waals surface area contributed by atoms with E-state index in [0.717, 1.165) is 4.90 Å².